The molecule has 3 fully saturated rings. The molecule has 3 saturated carbocycles. The number of allylic oxidation sites excluding steroid dienone is 9. The maximum atomic E-state index is 12.8. The van der Waals surface area contributed by atoms with Crippen LogP contribution in [0.2, 0.25) is 0 Å². The molecule has 0 aliphatic heterocycles. The molecule has 0 N–H and O–H groups in total. The lowest BCUT2D eigenvalue weighted by Gasteiger charge is -2.58. The van der Waals surface area contributed by atoms with Crippen LogP contribution in [0.25, 0.3) is 0 Å². The highest BCUT2D eigenvalue weighted by Crippen LogP contribution is 2.67. The Labute approximate surface area is 303 Å². The van der Waals surface area contributed by atoms with Crippen LogP contribution in [-0.2, 0) is 9.53 Å². The fourth-order valence-corrected chi connectivity index (χ4v) is 10.9. The van der Waals surface area contributed by atoms with Gasteiger partial charge in [0.05, 0.1) is 0 Å². The first-order chi connectivity index (χ1) is 23.7. The maximum absolute atomic E-state index is 12.8. The molecule has 0 heterocycles. The number of ether oxygens (including phenoxy) is 1. The number of esters is 1. The Hall–Kier alpha value is -1.83. The van der Waals surface area contributed by atoms with E-state index in [0.717, 1.165) is 80.5 Å². The van der Waals surface area contributed by atoms with Gasteiger partial charge in [-0.3, -0.25) is 4.79 Å². The predicted molar refractivity (Wildman–Crippen MR) is 211 cm³/mol. The molecule has 2 nitrogen and oxygen atoms in total. The smallest absolute Gasteiger partial charge is 0.306 e. The standard InChI is InChI=1S/C47H76O2/c1-7-8-9-10-11-12-13-14-15-16-17-18-19-20-21-22-23-27-45(48)49-40-32-34-46(5)39(36-40)28-29-41-43-31-30-42(38(4)26-24-25-37(2)3)47(43,6)35-33-44(41)46/h11-12,14-15,17-18,20-21,28,37-38,40-44H,7-10,13,16,19,22-27,29-36H2,1-6H3/b12-11+,15-14+,18-17+,21-20+/t38-,40-,41+,42-,43+,44+,46-,47+/m0/s1. The number of carbonyl (C=O) groups excluding carboxylic acids is 1. The number of hydrogen-bond donors (Lipinski definition) is 0. The molecule has 4 aliphatic rings. The summed E-state index contributed by atoms with van der Waals surface area (Å²) in [5.74, 6) is 5.21. The van der Waals surface area contributed by atoms with Crippen molar-refractivity contribution in [3.63, 3.8) is 0 Å². The van der Waals surface area contributed by atoms with Crippen LogP contribution in [0, 0.1) is 46.3 Å². The molecule has 0 aromatic heterocycles. The third-order valence-corrected chi connectivity index (χ3v) is 13.8. The van der Waals surface area contributed by atoms with E-state index in [1.165, 1.54) is 83.5 Å². The van der Waals surface area contributed by atoms with Gasteiger partial charge in [0.2, 0.25) is 0 Å². The van der Waals surface area contributed by atoms with Gasteiger partial charge in [-0.1, -0.05) is 134 Å². The average molecular weight is 673 g/mol. The second-order valence-corrected chi connectivity index (χ2v) is 17.6. The number of fused-ring (bicyclic) bond motifs is 5. The second-order valence-electron chi connectivity index (χ2n) is 17.6. The van der Waals surface area contributed by atoms with Crippen LogP contribution >= 0.6 is 0 Å². The monoisotopic (exact) mass is 673 g/mol. The lowest BCUT2D eigenvalue weighted by atomic mass is 9.47. The molecular weight excluding hydrogens is 597 g/mol. The van der Waals surface area contributed by atoms with Gasteiger partial charge in [-0.15, -0.1) is 0 Å². The van der Waals surface area contributed by atoms with Crippen molar-refractivity contribution in [2.45, 2.75) is 182 Å². The van der Waals surface area contributed by atoms with Gasteiger partial charge >= 0.3 is 5.97 Å². The molecule has 0 unspecified atom stereocenters. The normalized spacial score (nSPS) is 32.2. The van der Waals surface area contributed by atoms with E-state index in [1.54, 1.807) is 5.57 Å². The van der Waals surface area contributed by atoms with Gasteiger partial charge in [-0.2, -0.15) is 0 Å². The van der Waals surface area contributed by atoms with E-state index in [9.17, 15) is 4.79 Å². The summed E-state index contributed by atoms with van der Waals surface area (Å²) in [6, 6.07) is 0. The Kier molecular flexibility index (Phi) is 16.5. The van der Waals surface area contributed by atoms with Crippen LogP contribution in [0.15, 0.2) is 60.3 Å². The first kappa shape index (κ1) is 39.9. The zero-order valence-electron chi connectivity index (χ0n) is 32.9. The van der Waals surface area contributed by atoms with Crippen LogP contribution in [0.5, 0.6) is 0 Å². The van der Waals surface area contributed by atoms with E-state index in [4.69, 9.17) is 4.74 Å². The Morgan fingerprint density at radius 2 is 1.47 bits per heavy atom. The number of rotatable bonds is 20. The summed E-state index contributed by atoms with van der Waals surface area (Å²) in [6.45, 7) is 14.9. The van der Waals surface area contributed by atoms with E-state index in [1.807, 2.05) is 0 Å². The summed E-state index contributed by atoms with van der Waals surface area (Å²) >= 11 is 0. The predicted octanol–water partition coefficient (Wildman–Crippen LogP) is 14.1. The number of carbonyl (C=O) groups is 1. The quantitative estimate of drug-likeness (QED) is 0.0731. The fraction of sp³-hybridized carbons (Fsp3) is 0.766. The summed E-state index contributed by atoms with van der Waals surface area (Å²) in [5.41, 5.74) is 2.48. The van der Waals surface area contributed by atoms with Crippen LogP contribution < -0.4 is 0 Å². The third-order valence-electron chi connectivity index (χ3n) is 13.8. The average Bonchev–Trinajstić information content (AvgIpc) is 3.43. The molecular formula is C47H76O2. The first-order valence-corrected chi connectivity index (χ1v) is 21.2. The van der Waals surface area contributed by atoms with E-state index < -0.39 is 0 Å². The van der Waals surface area contributed by atoms with Crippen molar-refractivity contribution in [1.29, 1.82) is 0 Å². The maximum Gasteiger partial charge on any atom is 0.306 e. The van der Waals surface area contributed by atoms with Crippen molar-refractivity contribution in [2.75, 3.05) is 0 Å². The van der Waals surface area contributed by atoms with Crippen LogP contribution in [0.1, 0.15) is 176 Å². The van der Waals surface area contributed by atoms with Crippen molar-refractivity contribution in [3.05, 3.63) is 60.3 Å². The van der Waals surface area contributed by atoms with Gasteiger partial charge in [-0.25, -0.2) is 0 Å². The zero-order chi connectivity index (χ0) is 35.1. The Balaban J connectivity index is 1.13. The lowest BCUT2D eigenvalue weighted by molar-refractivity contribution is -0.151. The lowest BCUT2D eigenvalue weighted by Crippen LogP contribution is -2.51. The SMILES string of the molecule is CCCCC/C=C/C/C=C/C/C=C/C/C=C/CCCC(=O)O[C@H]1CC[C@@]2(C)C(=CC[C@@H]3[C@H]4CC[C@@H]([C@@H](C)CCCC(C)C)[C@@]4(C)CC[C@H]32)C1. The molecule has 4 aliphatic carbocycles. The molecule has 0 saturated heterocycles. The van der Waals surface area contributed by atoms with Crippen molar-refractivity contribution in [3.8, 4) is 0 Å². The number of hydrogen-bond acceptors (Lipinski definition) is 2. The van der Waals surface area contributed by atoms with Gasteiger partial charge in [-0.05, 0) is 136 Å². The topological polar surface area (TPSA) is 26.3 Å². The van der Waals surface area contributed by atoms with E-state index in [2.05, 4.69) is 96.2 Å². The van der Waals surface area contributed by atoms with Gasteiger partial charge < -0.3 is 4.74 Å². The van der Waals surface area contributed by atoms with Gasteiger partial charge in [0.1, 0.15) is 6.10 Å². The van der Waals surface area contributed by atoms with E-state index in [-0.39, 0.29) is 12.1 Å². The van der Waals surface area contributed by atoms with Crippen molar-refractivity contribution < 1.29 is 9.53 Å². The molecule has 49 heavy (non-hydrogen) atoms. The molecule has 4 rings (SSSR count). The molecule has 8 atom stereocenters. The number of unbranched alkanes of at least 4 members (excludes halogenated alkanes) is 4. The second kappa shape index (κ2) is 20.3. The van der Waals surface area contributed by atoms with Crippen LogP contribution in [0.3, 0.4) is 0 Å². The summed E-state index contributed by atoms with van der Waals surface area (Å²) in [5, 5.41) is 0. The molecule has 0 radical (unpaired) electrons. The summed E-state index contributed by atoms with van der Waals surface area (Å²) < 4.78 is 6.10. The minimum atomic E-state index is 0.00622. The Morgan fingerprint density at radius 1 is 0.796 bits per heavy atom. The highest BCUT2D eigenvalue weighted by atomic mass is 16.5. The van der Waals surface area contributed by atoms with E-state index in [0.29, 0.717) is 17.3 Å². The largest absolute Gasteiger partial charge is 0.462 e. The molecule has 0 amide bonds. The van der Waals surface area contributed by atoms with Crippen LogP contribution in [0.4, 0.5) is 0 Å². The van der Waals surface area contributed by atoms with Gasteiger partial charge in [0, 0.05) is 12.8 Å². The Bertz CT molecular complexity index is 1140. The summed E-state index contributed by atoms with van der Waals surface area (Å²) in [4.78, 5) is 12.8. The van der Waals surface area contributed by atoms with Crippen molar-refractivity contribution in [1.82, 2.24) is 0 Å². The first-order valence-electron chi connectivity index (χ1n) is 21.2. The highest BCUT2D eigenvalue weighted by molar-refractivity contribution is 5.69. The zero-order valence-corrected chi connectivity index (χ0v) is 32.9. The summed E-state index contributed by atoms with van der Waals surface area (Å²) in [6.07, 6.45) is 45.7. The molecule has 276 valence electrons. The highest BCUT2D eigenvalue weighted by Gasteiger charge is 2.59. The van der Waals surface area contributed by atoms with Gasteiger partial charge in [0.25, 0.3) is 0 Å². The van der Waals surface area contributed by atoms with Crippen molar-refractivity contribution >= 4 is 5.97 Å². The summed E-state index contributed by atoms with van der Waals surface area (Å²) in [7, 11) is 0. The van der Waals surface area contributed by atoms with E-state index >= 15 is 0 Å². The third kappa shape index (κ3) is 11.3. The van der Waals surface area contributed by atoms with Gasteiger partial charge in [0.15, 0.2) is 0 Å². The fourth-order valence-electron chi connectivity index (χ4n) is 10.9. The molecule has 0 aromatic rings. The molecule has 0 spiro atoms. The van der Waals surface area contributed by atoms with Crippen LogP contribution in [-0.4, -0.2) is 12.1 Å². The molecule has 2 heteroatoms. The molecule has 0 aromatic carbocycles. The minimum absolute atomic E-state index is 0.00622. The van der Waals surface area contributed by atoms with Crippen molar-refractivity contribution in [2.24, 2.45) is 46.3 Å². The Morgan fingerprint density at radius 3 is 2.14 bits per heavy atom. The minimum Gasteiger partial charge on any atom is -0.462 e. The molecule has 0 bridgehead atoms.